The molecule has 0 saturated carbocycles. The van der Waals surface area contributed by atoms with Crippen molar-refractivity contribution in [2.24, 2.45) is 0 Å². The molecule has 7 heteroatoms. The lowest BCUT2D eigenvalue weighted by Gasteiger charge is -2.21. The third-order valence-corrected chi connectivity index (χ3v) is 3.92. The number of aromatic nitrogens is 1. The van der Waals surface area contributed by atoms with Gasteiger partial charge in [0.2, 0.25) is 0 Å². The SMILES string of the molecule is CCOC(=O)/C(=C/N(c1ccc(F)cc1)c1c[nH]c2ccccc12)C(=O)O. The highest BCUT2D eigenvalue weighted by atomic mass is 19.1. The molecule has 0 aliphatic rings. The Labute approximate surface area is 154 Å². The molecule has 2 N–H and O–H groups in total. The van der Waals surface area contributed by atoms with Gasteiger partial charge in [0.1, 0.15) is 5.82 Å². The van der Waals surface area contributed by atoms with E-state index in [0.29, 0.717) is 11.4 Å². The molecule has 138 valence electrons. The average Bonchev–Trinajstić information content (AvgIpc) is 3.07. The molecule has 0 atom stereocenters. The normalized spacial score (nSPS) is 11.4. The Hall–Kier alpha value is -3.61. The Bertz CT molecular complexity index is 1010. The largest absolute Gasteiger partial charge is 0.477 e. The first-order valence-electron chi connectivity index (χ1n) is 8.24. The average molecular weight is 368 g/mol. The Balaban J connectivity index is 2.18. The van der Waals surface area contributed by atoms with E-state index >= 15 is 0 Å². The van der Waals surface area contributed by atoms with E-state index in [0.717, 1.165) is 10.9 Å². The number of esters is 1. The quantitative estimate of drug-likeness (QED) is 0.298. The first-order valence-corrected chi connectivity index (χ1v) is 8.24. The third-order valence-electron chi connectivity index (χ3n) is 3.92. The number of carbonyl (C=O) groups excluding carboxylic acids is 1. The molecule has 0 aliphatic carbocycles. The highest BCUT2D eigenvalue weighted by Crippen LogP contribution is 2.33. The Morgan fingerprint density at radius 2 is 1.89 bits per heavy atom. The van der Waals surface area contributed by atoms with Gasteiger partial charge < -0.3 is 19.7 Å². The second-order valence-electron chi connectivity index (χ2n) is 5.63. The van der Waals surface area contributed by atoms with E-state index in [1.807, 2.05) is 24.3 Å². The van der Waals surface area contributed by atoms with Crippen LogP contribution < -0.4 is 4.90 Å². The predicted octanol–water partition coefficient (Wildman–Crippen LogP) is 3.98. The number of para-hydroxylation sites is 1. The van der Waals surface area contributed by atoms with Crippen molar-refractivity contribution in [3.8, 4) is 0 Å². The molecule has 27 heavy (non-hydrogen) atoms. The number of aromatic amines is 1. The molecule has 3 aromatic rings. The van der Waals surface area contributed by atoms with Crippen LogP contribution in [0.3, 0.4) is 0 Å². The lowest BCUT2D eigenvalue weighted by molar-refractivity contribution is -0.143. The van der Waals surface area contributed by atoms with Gasteiger partial charge in [-0.1, -0.05) is 18.2 Å². The first kappa shape index (κ1) is 18.2. The minimum atomic E-state index is -1.42. The lowest BCUT2D eigenvalue weighted by atomic mass is 10.2. The van der Waals surface area contributed by atoms with Crippen LogP contribution in [-0.4, -0.2) is 28.6 Å². The molecule has 0 fully saturated rings. The van der Waals surface area contributed by atoms with Gasteiger partial charge in [-0.25, -0.2) is 14.0 Å². The molecule has 0 saturated heterocycles. The van der Waals surface area contributed by atoms with Crippen LogP contribution in [0.15, 0.2) is 66.5 Å². The van der Waals surface area contributed by atoms with Crippen molar-refractivity contribution in [3.05, 3.63) is 72.3 Å². The second kappa shape index (κ2) is 7.74. The molecular weight excluding hydrogens is 351 g/mol. The molecule has 0 amide bonds. The zero-order valence-electron chi connectivity index (χ0n) is 14.5. The molecule has 3 rings (SSSR count). The smallest absolute Gasteiger partial charge is 0.347 e. The Morgan fingerprint density at radius 3 is 2.56 bits per heavy atom. The van der Waals surface area contributed by atoms with Gasteiger partial charge in [-0.2, -0.15) is 0 Å². The summed E-state index contributed by atoms with van der Waals surface area (Å²) < 4.78 is 18.2. The number of halogens is 1. The number of nitrogens with zero attached hydrogens (tertiary/aromatic N) is 1. The molecular formula is C20H17FN2O4. The van der Waals surface area contributed by atoms with Gasteiger partial charge in [0.25, 0.3) is 0 Å². The van der Waals surface area contributed by atoms with E-state index in [1.54, 1.807) is 13.1 Å². The molecule has 6 nitrogen and oxygen atoms in total. The standard InChI is InChI=1S/C20H17FN2O4/c1-2-27-20(26)16(19(24)25)12-23(14-9-7-13(21)8-10-14)18-11-22-17-6-4-3-5-15(17)18/h3-12,22H,2H2,1H3,(H,24,25)/b16-12+. The minimum absolute atomic E-state index is 0.0487. The monoisotopic (exact) mass is 368 g/mol. The van der Waals surface area contributed by atoms with E-state index in [1.165, 1.54) is 35.4 Å². The van der Waals surface area contributed by atoms with Crippen molar-refractivity contribution in [1.29, 1.82) is 0 Å². The van der Waals surface area contributed by atoms with Crippen LogP contribution in [-0.2, 0) is 14.3 Å². The van der Waals surface area contributed by atoms with E-state index in [9.17, 15) is 19.1 Å². The number of carboxylic acids is 1. The van der Waals surface area contributed by atoms with Crippen molar-refractivity contribution in [3.63, 3.8) is 0 Å². The van der Waals surface area contributed by atoms with Gasteiger partial charge in [-0.3, -0.25) is 0 Å². The summed E-state index contributed by atoms with van der Waals surface area (Å²) in [6, 6.07) is 12.9. The fourth-order valence-corrected chi connectivity index (χ4v) is 2.67. The summed E-state index contributed by atoms with van der Waals surface area (Å²) in [7, 11) is 0. The number of rotatable bonds is 6. The zero-order valence-corrected chi connectivity index (χ0v) is 14.5. The number of ether oxygens (including phenoxy) is 1. The Morgan fingerprint density at radius 1 is 1.19 bits per heavy atom. The van der Waals surface area contributed by atoms with Crippen molar-refractivity contribution < 1.29 is 23.8 Å². The maximum absolute atomic E-state index is 13.4. The van der Waals surface area contributed by atoms with Crippen molar-refractivity contribution in [2.45, 2.75) is 6.92 Å². The maximum atomic E-state index is 13.4. The van der Waals surface area contributed by atoms with Gasteiger partial charge in [-0.15, -0.1) is 0 Å². The van der Waals surface area contributed by atoms with Crippen molar-refractivity contribution in [1.82, 2.24) is 4.98 Å². The number of carboxylic acid groups (broad SMARTS) is 1. The number of anilines is 2. The molecule has 0 radical (unpaired) electrons. The third kappa shape index (κ3) is 3.82. The maximum Gasteiger partial charge on any atom is 0.347 e. The summed E-state index contributed by atoms with van der Waals surface area (Å²) >= 11 is 0. The van der Waals surface area contributed by atoms with Crippen LogP contribution >= 0.6 is 0 Å². The van der Waals surface area contributed by atoms with E-state index in [2.05, 4.69) is 4.98 Å². The molecule has 1 heterocycles. The van der Waals surface area contributed by atoms with Gasteiger partial charge in [-0.05, 0) is 37.3 Å². The van der Waals surface area contributed by atoms with E-state index in [4.69, 9.17) is 4.74 Å². The van der Waals surface area contributed by atoms with Gasteiger partial charge in [0.15, 0.2) is 5.57 Å². The number of hydrogen-bond acceptors (Lipinski definition) is 4. The highest BCUT2D eigenvalue weighted by molar-refractivity contribution is 6.14. The number of hydrogen-bond donors (Lipinski definition) is 2. The predicted molar refractivity (Wildman–Crippen MR) is 99.2 cm³/mol. The zero-order chi connectivity index (χ0) is 19.4. The van der Waals surface area contributed by atoms with Gasteiger partial charge >= 0.3 is 11.9 Å². The summed E-state index contributed by atoms with van der Waals surface area (Å²) in [5.74, 6) is -2.79. The molecule has 0 unspecified atom stereocenters. The fourth-order valence-electron chi connectivity index (χ4n) is 2.67. The van der Waals surface area contributed by atoms with Crippen molar-refractivity contribution in [2.75, 3.05) is 11.5 Å². The fraction of sp³-hybridized carbons (Fsp3) is 0.100. The second-order valence-corrected chi connectivity index (χ2v) is 5.63. The highest BCUT2D eigenvalue weighted by Gasteiger charge is 2.22. The Kier molecular flexibility index (Phi) is 5.21. The van der Waals surface area contributed by atoms with E-state index in [-0.39, 0.29) is 6.61 Å². The summed E-state index contributed by atoms with van der Waals surface area (Å²) in [6.45, 7) is 1.64. The molecule has 0 aliphatic heterocycles. The first-order chi connectivity index (χ1) is 13.0. The summed E-state index contributed by atoms with van der Waals surface area (Å²) in [4.78, 5) is 28.3. The summed E-state index contributed by atoms with van der Waals surface area (Å²) in [5.41, 5.74) is 1.40. The number of nitrogens with one attached hydrogen (secondary N) is 1. The van der Waals surface area contributed by atoms with Crippen LogP contribution in [0.1, 0.15) is 6.92 Å². The molecule has 1 aromatic heterocycles. The summed E-state index contributed by atoms with van der Waals surface area (Å²) in [6.07, 6.45) is 2.87. The number of aliphatic carboxylic acids is 1. The van der Waals surface area contributed by atoms with Crippen LogP contribution in [0.4, 0.5) is 15.8 Å². The molecule has 2 aromatic carbocycles. The topological polar surface area (TPSA) is 82.6 Å². The van der Waals surface area contributed by atoms with Crippen LogP contribution in [0.25, 0.3) is 10.9 Å². The summed E-state index contributed by atoms with van der Waals surface area (Å²) in [5, 5.41) is 10.3. The van der Waals surface area contributed by atoms with Gasteiger partial charge in [0.05, 0.1) is 12.3 Å². The van der Waals surface area contributed by atoms with Crippen LogP contribution in [0.5, 0.6) is 0 Å². The van der Waals surface area contributed by atoms with E-state index < -0.39 is 23.3 Å². The molecule has 0 bridgehead atoms. The number of benzene rings is 2. The van der Waals surface area contributed by atoms with Gasteiger partial charge in [0, 0.05) is 29.0 Å². The van der Waals surface area contributed by atoms with Crippen molar-refractivity contribution >= 4 is 34.2 Å². The lowest BCUT2D eigenvalue weighted by Crippen LogP contribution is -2.20. The number of H-pyrrole nitrogens is 1. The molecule has 0 spiro atoms. The minimum Gasteiger partial charge on any atom is -0.477 e. The van der Waals surface area contributed by atoms with Crippen LogP contribution in [0, 0.1) is 5.82 Å². The number of carbonyl (C=O) groups is 2. The number of fused-ring (bicyclic) bond motifs is 1. The van der Waals surface area contributed by atoms with Crippen LogP contribution in [0.2, 0.25) is 0 Å².